The lowest BCUT2D eigenvalue weighted by atomic mass is 9.80. The maximum absolute atomic E-state index is 12.5. The van der Waals surface area contributed by atoms with Gasteiger partial charge in [0, 0.05) is 5.56 Å². The highest BCUT2D eigenvalue weighted by atomic mass is 16.4. The number of amides is 1. The minimum Gasteiger partial charge on any atom is -0.481 e. The number of aryl methyl sites for hydroxylation is 1. The van der Waals surface area contributed by atoms with Crippen molar-refractivity contribution in [1.82, 2.24) is 15.3 Å². The van der Waals surface area contributed by atoms with E-state index >= 15 is 0 Å². The summed E-state index contributed by atoms with van der Waals surface area (Å²) in [6, 6.07) is 13.3. The first-order valence-electron chi connectivity index (χ1n) is 9.16. The van der Waals surface area contributed by atoms with Crippen molar-refractivity contribution in [2.45, 2.75) is 38.1 Å². The van der Waals surface area contributed by atoms with Crippen molar-refractivity contribution in [2.24, 2.45) is 0 Å². The Balaban J connectivity index is 1.46. The Kier molecular flexibility index (Phi) is 4.62. The number of nitrogens with zero attached hydrogens (tertiary/aromatic N) is 1. The summed E-state index contributed by atoms with van der Waals surface area (Å²) in [5, 5.41) is 12.0. The summed E-state index contributed by atoms with van der Waals surface area (Å²) in [7, 11) is 0. The number of carbonyl (C=O) groups excluding carboxylic acids is 1. The first-order valence-corrected chi connectivity index (χ1v) is 9.16. The van der Waals surface area contributed by atoms with E-state index in [2.05, 4.69) is 15.3 Å². The predicted molar refractivity (Wildman–Crippen MR) is 102 cm³/mol. The molecule has 2 aromatic carbocycles. The van der Waals surface area contributed by atoms with Gasteiger partial charge in [-0.25, -0.2) is 4.98 Å². The molecule has 1 atom stereocenters. The van der Waals surface area contributed by atoms with E-state index in [-0.39, 0.29) is 18.2 Å². The Morgan fingerprint density at radius 1 is 1.22 bits per heavy atom. The van der Waals surface area contributed by atoms with Gasteiger partial charge in [-0.1, -0.05) is 18.2 Å². The van der Waals surface area contributed by atoms with Gasteiger partial charge in [-0.3, -0.25) is 9.59 Å². The highest BCUT2D eigenvalue weighted by molar-refractivity contribution is 5.94. The Morgan fingerprint density at radius 3 is 2.89 bits per heavy atom. The van der Waals surface area contributed by atoms with Crippen LogP contribution in [0.15, 0.2) is 42.5 Å². The summed E-state index contributed by atoms with van der Waals surface area (Å²) in [6.45, 7) is 0.326. The Hall–Kier alpha value is -3.15. The molecule has 6 heteroatoms. The fourth-order valence-electron chi connectivity index (χ4n) is 3.83. The highest BCUT2D eigenvalue weighted by Gasteiger charge is 2.23. The molecule has 3 aromatic rings. The molecule has 0 bridgehead atoms. The fraction of sp³-hybridized carbons (Fsp3) is 0.286. The Bertz CT molecular complexity index is 976. The maximum atomic E-state index is 12.5. The fourth-order valence-corrected chi connectivity index (χ4v) is 3.83. The van der Waals surface area contributed by atoms with Crippen molar-refractivity contribution in [1.29, 1.82) is 0 Å². The molecule has 0 radical (unpaired) electrons. The normalized spacial score (nSPS) is 16.1. The van der Waals surface area contributed by atoms with Crippen molar-refractivity contribution in [3.63, 3.8) is 0 Å². The maximum Gasteiger partial charge on any atom is 0.303 e. The summed E-state index contributed by atoms with van der Waals surface area (Å²) in [5.74, 6) is -0.179. The molecule has 0 spiro atoms. The van der Waals surface area contributed by atoms with Crippen LogP contribution in [0.4, 0.5) is 0 Å². The predicted octanol–water partition coefficient (Wildman–Crippen LogP) is 3.39. The van der Waals surface area contributed by atoms with E-state index in [1.165, 1.54) is 0 Å². The zero-order valence-corrected chi connectivity index (χ0v) is 14.9. The lowest BCUT2D eigenvalue weighted by molar-refractivity contribution is -0.137. The number of imidazole rings is 1. The third kappa shape index (κ3) is 3.69. The zero-order valence-electron chi connectivity index (χ0n) is 14.9. The molecule has 0 aliphatic heterocycles. The van der Waals surface area contributed by atoms with Crippen molar-refractivity contribution in [3.05, 3.63) is 65.0 Å². The molecular formula is C21H21N3O3. The first kappa shape index (κ1) is 17.3. The number of carbonyl (C=O) groups is 2. The number of carboxylic acids is 1. The second-order valence-corrected chi connectivity index (χ2v) is 6.98. The Labute approximate surface area is 156 Å². The summed E-state index contributed by atoms with van der Waals surface area (Å²) in [6.07, 6.45) is 2.87. The van der Waals surface area contributed by atoms with E-state index in [1.54, 1.807) is 6.07 Å². The lowest BCUT2D eigenvalue weighted by Gasteiger charge is -2.24. The number of carboxylic acid groups (broad SMARTS) is 1. The minimum absolute atomic E-state index is 0.0407. The molecule has 1 amide bonds. The molecule has 3 N–H and O–H groups in total. The largest absolute Gasteiger partial charge is 0.481 e. The van der Waals surface area contributed by atoms with E-state index in [0.717, 1.165) is 41.4 Å². The van der Waals surface area contributed by atoms with Crippen LogP contribution in [0, 0.1) is 0 Å². The van der Waals surface area contributed by atoms with Crippen LogP contribution < -0.4 is 5.32 Å². The summed E-state index contributed by atoms with van der Waals surface area (Å²) < 4.78 is 0. The SMILES string of the molecule is O=C(O)CC1CCCc2cc(C(=O)NCc3nc4ccccc4[nH]3)ccc21. The number of aliphatic carboxylic acids is 1. The van der Waals surface area contributed by atoms with Crippen molar-refractivity contribution in [3.8, 4) is 0 Å². The van der Waals surface area contributed by atoms with Gasteiger partial charge in [0.1, 0.15) is 5.82 Å². The molecule has 0 fully saturated rings. The van der Waals surface area contributed by atoms with Crippen LogP contribution in [0.3, 0.4) is 0 Å². The third-order valence-electron chi connectivity index (χ3n) is 5.12. The number of aromatic amines is 1. The van der Waals surface area contributed by atoms with E-state index < -0.39 is 5.97 Å². The molecule has 1 aliphatic rings. The van der Waals surface area contributed by atoms with Crippen LogP contribution >= 0.6 is 0 Å². The zero-order chi connectivity index (χ0) is 18.8. The Morgan fingerprint density at radius 2 is 2.07 bits per heavy atom. The second kappa shape index (κ2) is 7.23. The average molecular weight is 363 g/mol. The molecule has 27 heavy (non-hydrogen) atoms. The molecule has 1 heterocycles. The number of fused-ring (bicyclic) bond motifs is 2. The smallest absolute Gasteiger partial charge is 0.303 e. The van der Waals surface area contributed by atoms with Gasteiger partial charge in [-0.05, 0) is 60.6 Å². The summed E-state index contributed by atoms with van der Waals surface area (Å²) >= 11 is 0. The van der Waals surface area contributed by atoms with Gasteiger partial charge in [-0.15, -0.1) is 0 Å². The van der Waals surface area contributed by atoms with Gasteiger partial charge in [0.15, 0.2) is 0 Å². The third-order valence-corrected chi connectivity index (χ3v) is 5.12. The lowest BCUT2D eigenvalue weighted by Crippen LogP contribution is -2.24. The number of hydrogen-bond acceptors (Lipinski definition) is 3. The molecule has 0 saturated heterocycles. The molecule has 1 aromatic heterocycles. The van der Waals surface area contributed by atoms with Crippen LogP contribution in [0.25, 0.3) is 11.0 Å². The summed E-state index contributed by atoms with van der Waals surface area (Å²) in [5.41, 5.74) is 4.57. The van der Waals surface area contributed by atoms with Crippen LogP contribution in [0.1, 0.15) is 52.5 Å². The van der Waals surface area contributed by atoms with Crippen molar-refractivity contribution >= 4 is 22.9 Å². The molecule has 0 saturated carbocycles. The number of hydrogen-bond donors (Lipinski definition) is 3. The molecular weight excluding hydrogens is 342 g/mol. The summed E-state index contributed by atoms with van der Waals surface area (Å²) in [4.78, 5) is 31.3. The minimum atomic E-state index is -0.777. The first-order chi connectivity index (χ1) is 13.1. The van der Waals surface area contributed by atoms with Crippen molar-refractivity contribution < 1.29 is 14.7 Å². The van der Waals surface area contributed by atoms with E-state index in [4.69, 9.17) is 5.11 Å². The number of rotatable bonds is 5. The number of aromatic nitrogens is 2. The molecule has 138 valence electrons. The molecule has 1 unspecified atom stereocenters. The van der Waals surface area contributed by atoms with Gasteiger partial charge in [-0.2, -0.15) is 0 Å². The quantitative estimate of drug-likeness (QED) is 0.647. The van der Waals surface area contributed by atoms with Gasteiger partial charge in [0.05, 0.1) is 24.0 Å². The standard InChI is InChI=1S/C21H21N3O3/c25-20(26)11-14-5-3-4-13-10-15(8-9-16(13)14)21(27)22-12-19-23-17-6-1-2-7-18(17)24-19/h1-2,6-10,14H,3-5,11-12H2,(H,22,27)(H,23,24)(H,25,26). The molecule has 4 rings (SSSR count). The number of H-pyrrole nitrogens is 1. The average Bonchev–Trinajstić information content (AvgIpc) is 3.08. The van der Waals surface area contributed by atoms with Gasteiger partial charge >= 0.3 is 5.97 Å². The number of benzene rings is 2. The number of nitrogens with one attached hydrogen (secondary N) is 2. The van der Waals surface area contributed by atoms with E-state index in [9.17, 15) is 9.59 Å². The number of para-hydroxylation sites is 2. The molecule has 1 aliphatic carbocycles. The highest BCUT2D eigenvalue weighted by Crippen LogP contribution is 2.34. The van der Waals surface area contributed by atoms with E-state index in [1.807, 2.05) is 36.4 Å². The van der Waals surface area contributed by atoms with Crippen LogP contribution in [-0.2, 0) is 17.8 Å². The second-order valence-electron chi connectivity index (χ2n) is 6.98. The van der Waals surface area contributed by atoms with Crippen LogP contribution in [0.2, 0.25) is 0 Å². The topological polar surface area (TPSA) is 95.1 Å². The monoisotopic (exact) mass is 363 g/mol. The van der Waals surface area contributed by atoms with Crippen LogP contribution in [-0.4, -0.2) is 27.0 Å². The van der Waals surface area contributed by atoms with E-state index in [0.29, 0.717) is 17.9 Å². The molecule has 6 nitrogen and oxygen atoms in total. The van der Waals surface area contributed by atoms with Gasteiger partial charge in [0.25, 0.3) is 5.91 Å². The van der Waals surface area contributed by atoms with Gasteiger partial charge in [0.2, 0.25) is 0 Å². The van der Waals surface area contributed by atoms with Crippen molar-refractivity contribution in [2.75, 3.05) is 0 Å². The van der Waals surface area contributed by atoms with Gasteiger partial charge < -0.3 is 15.4 Å². The van der Waals surface area contributed by atoms with Crippen LogP contribution in [0.5, 0.6) is 0 Å².